The predicted molar refractivity (Wildman–Crippen MR) is 64.8 cm³/mol. The van der Waals surface area contributed by atoms with Crippen molar-refractivity contribution in [1.29, 1.82) is 0 Å². The Balaban J connectivity index is 1.74. The lowest BCUT2D eigenvalue weighted by Gasteiger charge is -2.30. The molecule has 0 unspecified atom stereocenters. The van der Waals surface area contributed by atoms with Gasteiger partial charge in [0.05, 0.1) is 0 Å². The smallest absolute Gasteiger partial charge is 0.338 e. The Hall–Kier alpha value is -2.38. The highest BCUT2D eigenvalue weighted by Gasteiger charge is 2.38. The number of alkyl halides is 3. The van der Waals surface area contributed by atoms with Crippen LogP contribution in [0.25, 0.3) is 11.4 Å². The minimum absolute atomic E-state index is 0.104. The van der Waals surface area contributed by atoms with Crippen LogP contribution in [0.15, 0.2) is 28.8 Å². The number of likely N-dealkylation sites (tertiary alicyclic amines) is 1. The summed E-state index contributed by atoms with van der Waals surface area (Å²) in [6.45, 7) is 1.24. The van der Waals surface area contributed by atoms with Gasteiger partial charge in [-0.2, -0.15) is 18.2 Å². The number of carbonyl (C=O) groups excluding carboxylic acids is 1. The molecule has 21 heavy (non-hydrogen) atoms. The molecule has 0 radical (unpaired) electrons. The van der Waals surface area contributed by atoms with E-state index in [2.05, 4.69) is 14.7 Å². The zero-order valence-electron chi connectivity index (χ0n) is 10.7. The fourth-order valence-corrected chi connectivity index (χ4v) is 1.96. The first-order valence-corrected chi connectivity index (χ1v) is 6.21. The lowest BCUT2D eigenvalue weighted by atomic mass is 10.1. The van der Waals surface area contributed by atoms with E-state index < -0.39 is 12.1 Å². The molecule has 3 rings (SSSR count). The van der Waals surface area contributed by atoms with Crippen molar-refractivity contribution in [1.82, 2.24) is 15.0 Å². The number of hydrogen-bond acceptors (Lipinski definition) is 4. The van der Waals surface area contributed by atoms with Crippen molar-refractivity contribution >= 4 is 5.91 Å². The van der Waals surface area contributed by atoms with Crippen LogP contribution in [0, 0.1) is 0 Å². The maximum absolute atomic E-state index is 12.4. The zero-order chi connectivity index (χ0) is 15.0. The maximum Gasteiger partial charge on any atom is 0.471 e. The van der Waals surface area contributed by atoms with Gasteiger partial charge in [0.25, 0.3) is 0 Å². The maximum atomic E-state index is 12.4. The molecule has 0 atom stereocenters. The highest BCUT2D eigenvalue weighted by molar-refractivity contribution is 5.81. The molecule has 0 N–H and O–H groups in total. The van der Waals surface area contributed by atoms with Gasteiger partial charge in [0.2, 0.25) is 11.7 Å². The summed E-state index contributed by atoms with van der Waals surface area (Å²) in [6.07, 6.45) is -4.08. The highest BCUT2D eigenvalue weighted by Crippen LogP contribution is 2.29. The summed E-state index contributed by atoms with van der Waals surface area (Å²) in [5.74, 6) is -1.38. The number of carbonyl (C=O) groups is 1. The molecule has 0 saturated carbocycles. The molecule has 1 fully saturated rings. The Labute approximate surface area is 117 Å². The second kappa shape index (κ2) is 4.87. The molecule has 1 aliphatic heterocycles. The van der Waals surface area contributed by atoms with Crippen LogP contribution in [0.3, 0.4) is 0 Å². The molecule has 2 heterocycles. The standard InChI is InChI=1S/C13H10F3N3O2/c14-13(15,16)12-17-11(18-21-12)9-3-1-8(2-4-9)7-19-6-5-10(19)20/h1-4H,5-7H2. The van der Waals surface area contributed by atoms with Crippen LogP contribution in [0.1, 0.15) is 17.9 Å². The van der Waals surface area contributed by atoms with Crippen molar-refractivity contribution in [3.63, 3.8) is 0 Å². The van der Waals surface area contributed by atoms with Crippen molar-refractivity contribution in [2.45, 2.75) is 19.1 Å². The van der Waals surface area contributed by atoms with E-state index in [1.807, 2.05) is 0 Å². The second-order valence-electron chi connectivity index (χ2n) is 4.68. The molecular weight excluding hydrogens is 287 g/mol. The summed E-state index contributed by atoms with van der Waals surface area (Å²) >= 11 is 0. The predicted octanol–water partition coefficient (Wildman–Crippen LogP) is 2.49. The Morgan fingerprint density at radius 3 is 2.43 bits per heavy atom. The van der Waals surface area contributed by atoms with Crippen LogP contribution >= 0.6 is 0 Å². The van der Waals surface area contributed by atoms with Crippen LogP contribution in [0.4, 0.5) is 13.2 Å². The number of halogens is 3. The number of amides is 1. The summed E-state index contributed by atoms with van der Waals surface area (Å²) in [6, 6.07) is 6.66. The summed E-state index contributed by atoms with van der Waals surface area (Å²) < 4.78 is 41.3. The Kier molecular flexibility index (Phi) is 3.15. The van der Waals surface area contributed by atoms with E-state index in [1.165, 1.54) is 0 Å². The SMILES string of the molecule is O=C1CCN1Cc1ccc(-c2noc(C(F)(F)F)n2)cc1. The molecule has 1 saturated heterocycles. The summed E-state index contributed by atoms with van der Waals surface area (Å²) in [5, 5.41) is 3.31. The second-order valence-corrected chi connectivity index (χ2v) is 4.68. The third kappa shape index (κ3) is 2.74. The minimum atomic E-state index is -4.65. The lowest BCUT2D eigenvalue weighted by Crippen LogP contribution is -2.42. The topological polar surface area (TPSA) is 59.2 Å². The molecule has 2 aromatic rings. The van der Waals surface area contributed by atoms with Gasteiger partial charge in [0.1, 0.15) is 0 Å². The molecule has 1 aliphatic rings. The van der Waals surface area contributed by atoms with Crippen molar-refractivity contribution in [3.8, 4) is 11.4 Å². The zero-order valence-corrected chi connectivity index (χ0v) is 10.7. The Bertz CT molecular complexity index is 664. The molecule has 1 aromatic heterocycles. The van der Waals surface area contributed by atoms with Gasteiger partial charge in [-0.25, -0.2) is 0 Å². The van der Waals surface area contributed by atoms with Gasteiger partial charge in [0.15, 0.2) is 0 Å². The van der Waals surface area contributed by atoms with Crippen LogP contribution in [0.2, 0.25) is 0 Å². The normalized spacial score (nSPS) is 15.2. The molecule has 110 valence electrons. The number of hydrogen-bond donors (Lipinski definition) is 0. The van der Waals surface area contributed by atoms with Crippen LogP contribution in [-0.2, 0) is 17.5 Å². The van der Waals surface area contributed by atoms with Crippen molar-refractivity contribution in [2.75, 3.05) is 6.54 Å². The summed E-state index contributed by atoms with van der Waals surface area (Å²) in [7, 11) is 0. The van der Waals surface area contributed by atoms with E-state index >= 15 is 0 Å². The van der Waals surface area contributed by atoms with Gasteiger partial charge >= 0.3 is 12.1 Å². The fraction of sp³-hybridized carbons (Fsp3) is 0.308. The molecule has 0 bridgehead atoms. The third-order valence-corrected chi connectivity index (χ3v) is 3.20. The highest BCUT2D eigenvalue weighted by atomic mass is 19.4. The molecule has 1 aromatic carbocycles. The first-order valence-electron chi connectivity index (χ1n) is 6.21. The van der Waals surface area contributed by atoms with Crippen molar-refractivity contribution in [2.24, 2.45) is 0 Å². The van der Waals surface area contributed by atoms with Gasteiger partial charge in [-0.3, -0.25) is 4.79 Å². The van der Waals surface area contributed by atoms with Crippen molar-refractivity contribution in [3.05, 3.63) is 35.7 Å². The lowest BCUT2D eigenvalue weighted by molar-refractivity contribution is -0.159. The molecular formula is C13H10F3N3O2. The van der Waals surface area contributed by atoms with Gasteiger partial charge < -0.3 is 9.42 Å². The largest absolute Gasteiger partial charge is 0.471 e. The molecule has 0 aliphatic carbocycles. The third-order valence-electron chi connectivity index (χ3n) is 3.20. The van der Waals surface area contributed by atoms with E-state index in [4.69, 9.17) is 0 Å². The molecule has 8 heteroatoms. The molecule has 1 amide bonds. The average Bonchev–Trinajstić information content (AvgIpc) is 2.93. The van der Waals surface area contributed by atoms with Crippen LogP contribution in [0.5, 0.6) is 0 Å². The monoisotopic (exact) mass is 297 g/mol. The Morgan fingerprint density at radius 2 is 1.95 bits per heavy atom. The number of aromatic nitrogens is 2. The molecule has 0 spiro atoms. The van der Waals surface area contributed by atoms with Crippen LogP contribution in [-0.4, -0.2) is 27.5 Å². The van der Waals surface area contributed by atoms with Gasteiger partial charge in [0, 0.05) is 25.1 Å². The number of β-lactam (4-membered cyclic amide) rings is 1. The fourth-order valence-electron chi connectivity index (χ4n) is 1.96. The minimum Gasteiger partial charge on any atom is -0.338 e. The van der Waals surface area contributed by atoms with Gasteiger partial charge in [-0.05, 0) is 5.56 Å². The quantitative estimate of drug-likeness (QED) is 0.817. The number of nitrogens with zero attached hydrogens (tertiary/aromatic N) is 3. The van der Waals surface area contributed by atoms with E-state index in [0.717, 1.165) is 12.1 Å². The summed E-state index contributed by atoms with van der Waals surface area (Å²) in [5.41, 5.74) is 1.32. The first kappa shape index (κ1) is 13.6. The average molecular weight is 297 g/mol. The summed E-state index contributed by atoms with van der Waals surface area (Å²) in [4.78, 5) is 16.2. The van der Waals surface area contributed by atoms with Gasteiger partial charge in [-0.15, -0.1) is 0 Å². The van der Waals surface area contributed by atoms with Gasteiger partial charge in [-0.1, -0.05) is 29.4 Å². The van der Waals surface area contributed by atoms with E-state index in [9.17, 15) is 18.0 Å². The first-order chi connectivity index (χ1) is 9.93. The Morgan fingerprint density at radius 1 is 1.24 bits per heavy atom. The molecule has 5 nitrogen and oxygen atoms in total. The van der Waals surface area contributed by atoms with E-state index in [1.54, 1.807) is 29.2 Å². The van der Waals surface area contributed by atoms with Crippen molar-refractivity contribution < 1.29 is 22.5 Å². The number of benzene rings is 1. The number of rotatable bonds is 3. The van der Waals surface area contributed by atoms with Crippen LogP contribution < -0.4 is 0 Å². The van der Waals surface area contributed by atoms with E-state index in [0.29, 0.717) is 18.5 Å². The van der Waals surface area contributed by atoms with E-state index in [-0.39, 0.29) is 11.7 Å².